The lowest BCUT2D eigenvalue weighted by Crippen LogP contribution is -2.54. The average molecular weight is 349 g/mol. The van der Waals surface area contributed by atoms with Crippen LogP contribution >= 0.6 is 0 Å². The molecule has 0 unspecified atom stereocenters. The van der Waals surface area contributed by atoms with E-state index in [0.29, 0.717) is 5.69 Å². The summed E-state index contributed by atoms with van der Waals surface area (Å²) in [7, 11) is -4.10. The van der Waals surface area contributed by atoms with Crippen LogP contribution in [0.5, 0.6) is 0 Å². The molecule has 0 bridgehead atoms. The van der Waals surface area contributed by atoms with Crippen molar-refractivity contribution in [2.75, 3.05) is 38.6 Å². The number of non-ortho nitro benzene ring substituents is 1. The second-order valence-corrected chi connectivity index (χ2v) is 6.75. The topological polar surface area (TPSA) is 138 Å². The average Bonchev–Trinajstić information content (AvgIpc) is 2.46. The molecule has 130 valence electrons. The van der Waals surface area contributed by atoms with E-state index in [1.807, 2.05) is 0 Å². The fraction of sp³-hybridized carbons (Fsp3) is 0.538. The van der Waals surface area contributed by atoms with Gasteiger partial charge in [0.15, 0.2) is 0 Å². The van der Waals surface area contributed by atoms with Crippen LogP contribution in [0.1, 0.15) is 6.42 Å². The Morgan fingerprint density at radius 1 is 1.04 bits per heavy atom. The molecule has 9 nitrogen and oxygen atoms in total. The lowest BCUT2D eigenvalue weighted by atomic mass is 10.2. The third-order valence-electron chi connectivity index (χ3n) is 3.65. The van der Waals surface area contributed by atoms with Crippen LogP contribution in [0.3, 0.4) is 0 Å². The number of nitro benzene ring substituents is 1. The van der Waals surface area contributed by atoms with E-state index in [2.05, 4.69) is 0 Å². The predicted molar refractivity (Wildman–Crippen MR) is 84.7 cm³/mol. The van der Waals surface area contributed by atoms with Gasteiger partial charge in [-0.05, 0) is 0 Å². The Labute approximate surface area is 134 Å². The third kappa shape index (κ3) is 5.84. The smallest absolute Gasteiger partial charge is 0.269 e. The number of nitrogens with zero attached hydrogens (tertiary/aromatic N) is 2. The summed E-state index contributed by atoms with van der Waals surface area (Å²) in [6, 6.07) is 5.69. The van der Waals surface area contributed by atoms with Gasteiger partial charge >= 0.3 is 0 Å². The molecule has 0 spiro atoms. The van der Waals surface area contributed by atoms with Crippen LogP contribution in [0.4, 0.5) is 11.4 Å². The van der Waals surface area contributed by atoms with Crippen LogP contribution in [0.25, 0.3) is 0 Å². The van der Waals surface area contributed by atoms with Gasteiger partial charge in [-0.15, -0.1) is 0 Å². The van der Waals surface area contributed by atoms with Crippen LogP contribution in [0.2, 0.25) is 0 Å². The molecule has 0 amide bonds. The van der Waals surface area contributed by atoms with Gasteiger partial charge in [0, 0.05) is 30.7 Å². The largest absolute Gasteiger partial charge is 0.390 e. The van der Waals surface area contributed by atoms with Gasteiger partial charge in [-0.25, -0.2) is 0 Å². The molecule has 10 heteroatoms. The minimum atomic E-state index is -4.10. The van der Waals surface area contributed by atoms with Gasteiger partial charge in [0.25, 0.3) is 15.8 Å². The minimum Gasteiger partial charge on any atom is -0.390 e. The van der Waals surface area contributed by atoms with Gasteiger partial charge in [-0.2, -0.15) is 8.42 Å². The first-order valence-corrected chi connectivity index (χ1v) is 8.63. The van der Waals surface area contributed by atoms with Crippen molar-refractivity contribution in [3.05, 3.63) is 34.4 Å². The quantitative estimate of drug-likeness (QED) is 0.237. The molecule has 1 aromatic carbocycles. The van der Waals surface area contributed by atoms with Crippen molar-refractivity contribution in [3.8, 4) is 0 Å². The molecule has 1 aromatic rings. The summed E-state index contributed by atoms with van der Waals surface area (Å²) in [5, 5.41) is 29.4. The van der Waals surface area contributed by atoms with Gasteiger partial charge in [0.05, 0.1) is 30.4 Å². The Hall–Kier alpha value is -1.59. The van der Waals surface area contributed by atoms with Crippen molar-refractivity contribution in [2.45, 2.75) is 6.42 Å². The highest BCUT2D eigenvalue weighted by Gasteiger charge is 2.30. The van der Waals surface area contributed by atoms with Gasteiger partial charge in [-0.3, -0.25) is 19.2 Å². The van der Waals surface area contributed by atoms with E-state index in [9.17, 15) is 28.7 Å². The number of benzene rings is 1. The van der Waals surface area contributed by atoms with Crippen LogP contribution in [-0.4, -0.2) is 66.7 Å². The molecule has 0 radical (unpaired) electrons. The van der Waals surface area contributed by atoms with E-state index in [-0.39, 0.29) is 49.4 Å². The highest BCUT2D eigenvalue weighted by molar-refractivity contribution is 7.85. The molecular formula is C13H21N2O7S+. The van der Waals surface area contributed by atoms with Gasteiger partial charge < -0.3 is 10.2 Å². The molecule has 0 heterocycles. The number of aliphatic hydroxyl groups is 2. The van der Waals surface area contributed by atoms with Gasteiger partial charge in [0.2, 0.25) is 0 Å². The molecule has 0 aliphatic heterocycles. The van der Waals surface area contributed by atoms with Crippen molar-refractivity contribution in [1.82, 2.24) is 4.48 Å². The Bertz CT molecular complexity index is 610. The predicted octanol–water partition coefficient (Wildman–Crippen LogP) is 0.165. The standard InChI is InChI=1S/C13H20N2O7S/c16-9-7-15(8-10-17,6-1-11-23(20,21)22)13-4-2-12(3-5-13)14(18)19/h2-5,16-17H,1,6-11H2/p+1. The van der Waals surface area contributed by atoms with Gasteiger partial charge in [-0.1, -0.05) is 0 Å². The molecular weight excluding hydrogens is 328 g/mol. The highest BCUT2D eigenvalue weighted by Crippen LogP contribution is 2.26. The number of quaternary nitrogens is 1. The van der Waals surface area contributed by atoms with Crippen LogP contribution in [0, 0.1) is 10.1 Å². The normalized spacial score (nSPS) is 12.3. The number of nitro groups is 1. The maximum atomic E-state index is 10.9. The zero-order chi connectivity index (χ0) is 17.5. The first kappa shape index (κ1) is 19.5. The molecule has 0 fully saturated rings. The van der Waals surface area contributed by atoms with Crippen molar-refractivity contribution in [2.24, 2.45) is 0 Å². The zero-order valence-corrected chi connectivity index (χ0v) is 13.4. The molecule has 0 saturated heterocycles. The molecule has 1 rings (SSSR count). The van der Waals surface area contributed by atoms with Crippen molar-refractivity contribution < 1.29 is 28.1 Å². The molecule has 0 aliphatic rings. The summed E-state index contributed by atoms with van der Waals surface area (Å²) in [6.07, 6.45) is 0.121. The molecule has 0 aliphatic carbocycles. The summed E-state index contributed by atoms with van der Waals surface area (Å²) in [5.41, 5.74) is 0.534. The number of hydrogen-bond donors (Lipinski definition) is 3. The molecule has 0 saturated carbocycles. The van der Waals surface area contributed by atoms with Crippen molar-refractivity contribution in [3.63, 3.8) is 0 Å². The van der Waals surface area contributed by atoms with Crippen LogP contribution in [-0.2, 0) is 10.1 Å². The van der Waals surface area contributed by atoms with Crippen molar-refractivity contribution in [1.29, 1.82) is 0 Å². The fourth-order valence-electron chi connectivity index (χ4n) is 2.55. The Morgan fingerprint density at radius 2 is 1.57 bits per heavy atom. The lowest BCUT2D eigenvalue weighted by Gasteiger charge is -2.37. The second kappa shape index (κ2) is 8.31. The van der Waals surface area contributed by atoms with E-state index in [0.717, 1.165) is 0 Å². The second-order valence-electron chi connectivity index (χ2n) is 5.18. The van der Waals surface area contributed by atoms with E-state index in [4.69, 9.17) is 4.55 Å². The number of hydrogen-bond acceptors (Lipinski definition) is 6. The SMILES string of the molecule is O=[N+]([O-])c1ccc([N+](CCO)(CCO)CCCS(=O)(=O)O)cc1. The monoisotopic (exact) mass is 349 g/mol. The molecule has 3 N–H and O–H groups in total. The zero-order valence-electron chi connectivity index (χ0n) is 12.5. The highest BCUT2D eigenvalue weighted by atomic mass is 32.2. The third-order valence-corrected chi connectivity index (χ3v) is 4.46. The summed E-state index contributed by atoms with van der Waals surface area (Å²) in [6.45, 7) is 0.262. The number of rotatable bonds is 10. The summed E-state index contributed by atoms with van der Waals surface area (Å²) in [5.74, 6) is -0.434. The summed E-state index contributed by atoms with van der Waals surface area (Å²) in [4.78, 5) is 10.2. The van der Waals surface area contributed by atoms with E-state index >= 15 is 0 Å². The lowest BCUT2D eigenvalue weighted by molar-refractivity contribution is -0.384. The Morgan fingerprint density at radius 3 is 1.96 bits per heavy atom. The molecule has 0 atom stereocenters. The first-order chi connectivity index (χ1) is 10.7. The minimum absolute atomic E-state index is 0.0700. The summed E-state index contributed by atoms with van der Waals surface area (Å²) < 4.78 is 30.6. The Kier molecular flexibility index (Phi) is 7.03. The molecule has 0 aromatic heterocycles. The van der Waals surface area contributed by atoms with Crippen LogP contribution < -0.4 is 4.48 Å². The maximum absolute atomic E-state index is 10.9. The van der Waals surface area contributed by atoms with E-state index in [1.165, 1.54) is 24.3 Å². The first-order valence-electron chi connectivity index (χ1n) is 7.02. The number of aliphatic hydroxyl groups excluding tert-OH is 2. The maximum Gasteiger partial charge on any atom is 0.269 e. The van der Waals surface area contributed by atoms with E-state index in [1.54, 1.807) is 0 Å². The van der Waals surface area contributed by atoms with Crippen molar-refractivity contribution >= 4 is 21.5 Å². The fourth-order valence-corrected chi connectivity index (χ4v) is 3.04. The van der Waals surface area contributed by atoms with Gasteiger partial charge in [0.1, 0.15) is 18.8 Å². The Balaban J connectivity index is 3.07. The molecule has 23 heavy (non-hydrogen) atoms. The van der Waals surface area contributed by atoms with E-state index < -0.39 is 20.8 Å². The van der Waals surface area contributed by atoms with Crippen LogP contribution in [0.15, 0.2) is 24.3 Å². The summed E-state index contributed by atoms with van der Waals surface area (Å²) >= 11 is 0.